The second kappa shape index (κ2) is 10.6. The number of nitrogens with zero attached hydrogens (tertiary/aromatic N) is 1. The third kappa shape index (κ3) is 4.53. The first kappa shape index (κ1) is 25.8. The zero-order valence-electron chi connectivity index (χ0n) is 22.2. The van der Waals surface area contributed by atoms with E-state index >= 15 is 0 Å². The number of hydrogen-bond donors (Lipinski definition) is 2. The lowest BCUT2D eigenvalue weighted by atomic mass is 9.62. The molecule has 0 radical (unpaired) electrons. The van der Waals surface area contributed by atoms with Crippen molar-refractivity contribution in [3.8, 4) is 28.7 Å². The first-order valence-electron chi connectivity index (χ1n) is 13.2. The van der Waals surface area contributed by atoms with Crippen LogP contribution in [0.25, 0.3) is 0 Å². The highest BCUT2D eigenvalue weighted by Gasteiger charge is 2.52. The number of aromatic nitrogens is 1. The molecule has 2 aromatic carbocycles. The molecule has 4 atom stereocenters. The quantitative estimate of drug-likeness (QED) is 0.410. The highest BCUT2D eigenvalue weighted by Crippen LogP contribution is 2.56. The number of amides is 1. The lowest BCUT2D eigenvalue weighted by Gasteiger charge is -2.39. The van der Waals surface area contributed by atoms with Gasteiger partial charge in [0.05, 0.1) is 26.7 Å². The summed E-state index contributed by atoms with van der Waals surface area (Å²) in [7, 11) is 2.92. The average molecular weight is 547 g/mol. The molecule has 3 aliphatic rings. The molecule has 3 heterocycles. The number of phenols is 1. The number of ether oxygens (including phenoxy) is 5. The van der Waals surface area contributed by atoms with Gasteiger partial charge in [-0.2, -0.15) is 0 Å². The topological polar surface area (TPSA) is 125 Å². The van der Waals surface area contributed by atoms with Crippen LogP contribution in [0, 0.1) is 11.8 Å². The average Bonchev–Trinajstić information content (AvgIpc) is 3.59. The maximum Gasteiger partial charge on any atom is 0.310 e. The standard InChI is InChI=1S/C30H30N2O8/c1-36-24-9-17(10-25(37-2)29(24)34)27-20-12-23-22(39-15-40-23)11-18(20)19(21-14-38-30(35)28(21)27)13-26(33)32-8-5-16-3-6-31-7-4-16/h3-4,6-7,9-12,19,21,27-28,34H,5,8,13-15H2,1-2H3,(H,32,33)/t19-,21-,27-,28+/m1/s1. The van der Waals surface area contributed by atoms with E-state index in [4.69, 9.17) is 23.7 Å². The van der Waals surface area contributed by atoms with Crippen molar-refractivity contribution < 1.29 is 38.4 Å². The van der Waals surface area contributed by atoms with Gasteiger partial charge in [-0.1, -0.05) is 0 Å². The minimum atomic E-state index is -0.554. The number of carbonyl (C=O) groups is 2. The van der Waals surface area contributed by atoms with Crippen molar-refractivity contribution in [2.24, 2.45) is 11.8 Å². The van der Waals surface area contributed by atoms with E-state index in [0.717, 1.165) is 22.3 Å². The summed E-state index contributed by atoms with van der Waals surface area (Å²) in [4.78, 5) is 30.5. The van der Waals surface area contributed by atoms with Crippen molar-refractivity contribution in [1.29, 1.82) is 0 Å². The number of methoxy groups -OCH3 is 2. The fourth-order valence-electron chi connectivity index (χ4n) is 6.20. The fraction of sp³-hybridized carbons (Fsp3) is 0.367. The van der Waals surface area contributed by atoms with Crippen molar-refractivity contribution >= 4 is 11.9 Å². The second-order valence-corrected chi connectivity index (χ2v) is 10.2. The van der Waals surface area contributed by atoms with Crippen molar-refractivity contribution in [2.75, 3.05) is 34.2 Å². The number of hydrogen-bond acceptors (Lipinski definition) is 9. The fourth-order valence-corrected chi connectivity index (χ4v) is 6.20. The van der Waals surface area contributed by atoms with Gasteiger partial charge in [0, 0.05) is 37.2 Å². The van der Waals surface area contributed by atoms with Gasteiger partial charge in [0.15, 0.2) is 23.0 Å². The molecule has 0 saturated carbocycles. The van der Waals surface area contributed by atoms with Crippen molar-refractivity contribution in [3.05, 3.63) is 71.0 Å². The van der Waals surface area contributed by atoms with Crippen LogP contribution in [0.2, 0.25) is 0 Å². The predicted molar refractivity (Wildman–Crippen MR) is 142 cm³/mol. The molecule has 1 saturated heterocycles. The molecule has 40 heavy (non-hydrogen) atoms. The zero-order valence-corrected chi connectivity index (χ0v) is 22.2. The Labute approximate surface area is 231 Å². The molecule has 1 aliphatic carbocycles. The number of esters is 1. The molecular formula is C30H30N2O8. The van der Waals surface area contributed by atoms with Crippen molar-refractivity contribution in [1.82, 2.24) is 10.3 Å². The maximum atomic E-state index is 13.3. The number of benzene rings is 2. The largest absolute Gasteiger partial charge is 0.502 e. The van der Waals surface area contributed by atoms with E-state index < -0.39 is 11.8 Å². The summed E-state index contributed by atoms with van der Waals surface area (Å²) in [5.74, 6) is -0.439. The highest BCUT2D eigenvalue weighted by atomic mass is 16.7. The Bertz CT molecular complexity index is 1420. The summed E-state index contributed by atoms with van der Waals surface area (Å²) in [5.41, 5.74) is 3.56. The monoisotopic (exact) mass is 546 g/mol. The van der Waals surface area contributed by atoms with Crippen LogP contribution in [0.5, 0.6) is 28.7 Å². The first-order chi connectivity index (χ1) is 19.5. The van der Waals surface area contributed by atoms with Gasteiger partial charge in [0.25, 0.3) is 0 Å². The van der Waals surface area contributed by atoms with E-state index in [2.05, 4.69) is 10.3 Å². The number of nitrogens with one attached hydrogen (secondary N) is 1. The highest BCUT2D eigenvalue weighted by molar-refractivity contribution is 5.81. The lowest BCUT2D eigenvalue weighted by molar-refractivity contribution is -0.141. The molecule has 1 aromatic heterocycles. The molecule has 1 fully saturated rings. The molecule has 2 aliphatic heterocycles. The number of pyridine rings is 1. The molecule has 6 rings (SSSR count). The van der Waals surface area contributed by atoms with E-state index in [-0.39, 0.29) is 60.8 Å². The Kier molecular flexibility index (Phi) is 6.83. The summed E-state index contributed by atoms with van der Waals surface area (Å²) < 4.78 is 27.8. The van der Waals surface area contributed by atoms with Crippen molar-refractivity contribution in [2.45, 2.75) is 24.7 Å². The second-order valence-electron chi connectivity index (χ2n) is 10.2. The minimum Gasteiger partial charge on any atom is -0.502 e. The molecule has 3 aromatic rings. The Morgan fingerprint density at radius 1 is 1.02 bits per heavy atom. The third-order valence-corrected chi connectivity index (χ3v) is 8.09. The summed E-state index contributed by atoms with van der Waals surface area (Å²) in [6.07, 6.45) is 4.34. The van der Waals surface area contributed by atoms with Crippen molar-refractivity contribution in [3.63, 3.8) is 0 Å². The smallest absolute Gasteiger partial charge is 0.310 e. The van der Waals surface area contributed by atoms with E-state index in [1.54, 1.807) is 24.5 Å². The third-order valence-electron chi connectivity index (χ3n) is 8.09. The molecular weight excluding hydrogens is 516 g/mol. The Morgan fingerprint density at radius 3 is 2.38 bits per heavy atom. The van der Waals surface area contributed by atoms with E-state index in [9.17, 15) is 14.7 Å². The van der Waals surface area contributed by atoms with Crippen LogP contribution in [-0.4, -0.2) is 56.1 Å². The van der Waals surface area contributed by atoms with E-state index in [0.29, 0.717) is 24.5 Å². The Morgan fingerprint density at radius 2 is 1.70 bits per heavy atom. The molecule has 2 N–H and O–H groups in total. The molecule has 10 heteroatoms. The van der Waals surface area contributed by atoms with Crippen LogP contribution in [0.4, 0.5) is 0 Å². The van der Waals surface area contributed by atoms with Gasteiger partial charge in [-0.25, -0.2) is 0 Å². The number of phenolic OH excluding ortho intramolecular Hbond substituents is 1. The summed E-state index contributed by atoms with van der Waals surface area (Å²) in [6, 6.07) is 11.1. The molecule has 0 bridgehead atoms. The number of fused-ring (bicyclic) bond motifs is 3. The van der Waals surface area contributed by atoms with Gasteiger partial charge >= 0.3 is 5.97 Å². The molecule has 10 nitrogen and oxygen atoms in total. The zero-order chi connectivity index (χ0) is 27.8. The molecule has 1 amide bonds. The number of aromatic hydroxyl groups is 1. The van der Waals surface area contributed by atoms with Gasteiger partial charge < -0.3 is 34.1 Å². The number of rotatable bonds is 8. The predicted octanol–water partition coefficient (Wildman–Crippen LogP) is 3.30. The molecule has 0 unspecified atom stereocenters. The molecule has 0 spiro atoms. The van der Waals surface area contributed by atoms with Crippen LogP contribution in [-0.2, 0) is 20.7 Å². The van der Waals surface area contributed by atoms with Crippen LogP contribution < -0.4 is 24.3 Å². The van der Waals surface area contributed by atoms with Gasteiger partial charge in [-0.05, 0) is 71.0 Å². The van der Waals surface area contributed by atoms with Crippen LogP contribution in [0.1, 0.15) is 40.5 Å². The Hall–Kier alpha value is -4.47. The van der Waals surface area contributed by atoms with E-state index in [1.807, 2.05) is 24.3 Å². The normalized spacial score (nSPS) is 22.2. The SMILES string of the molecule is COc1cc([C@@H]2c3cc4c(cc3[C@@H](CC(=O)NCCc3ccncc3)[C@H]3COC(=O)[C@H]23)OCO4)cc(OC)c1O. The van der Waals surface area contributed by atoms with E-state index in [1.165, 1.54) is 14.2 Å². The van der Waals surface area contributed by atoms with Gasteiger partial charge in [-0.3, -0.25) is 14.6 Å². The van der Waals surface area contributed by atoms with Gasteiger partial charge in [-0.15, -0.1) is 0 Å². The van der Waals surface area contributed by atoms with Crippen LogP contribution in [0.3, 0.4) is 0 Å². The number of carbonyl (C=O) groups excluding carboxylic acids is 2. The Balaban J connectivity index is 1.37. The van der Waals surface area contributed by atoms with Crippen LogP contribution in [0.15, 0.2) is 48.8 Å². The first-order valence-corrected chi connectivity index (χ1v) is 13.2. The summed E-state index contributed by atoms with van der Waals surface area (Å²) in [5, 5.41) is 13.6. The minimum absolute atomic E-state index is 0.0960. The van der Waals surface area contributed by atoms with Gasteiger partial charge in [0.1, 0.15) is 0 Å². The molecule has 208 valence electrons. The number of cyclic esters (lactones) is 1. The maximum absolute atomic E-state index is 13.3. The summed E-state index contributed by atoms with van der Waals surface area (Å²) >= 11 is 0. The summed E-state index contributed by atoms with van der Waals surface area (Å²) in [6.45, 7) is 0.789. The van der Waals surface area contributed by atoms with Crippen LogP contribution >= 0.6 is 0 Å². The lowest BCUT2D eigenvalue weighted by Crippen LogP contribution is -2.37. The van der Waals surface area contributed by atoms with Gasteiger partial charge in [0.2, 0.25) is 18.4 Å².